The molecule has 52 heavy (non-hydrogen) atoms. The van der Waals surface area contributed by atoms with Crippen LogP contribution in [0.1, 0.15) is 55.1 Å². The summed E-state index contributed by atoms with van der Waals surface area (Å²) in [6.45, 7) is 1.85. The summed E-state index contributed by atoms with van der Waals surface area (Å²) in [5.74, 6) is -4.76. The average molecular weight is 735 g/mol. The van der Waals surface area contributed by atoms with Crippen molar-refractivity contribution in [3.63, 3.8) is 0 Å². The summed E-state index contributed by atoms with van der Waals surface area (Å²) in [6.07, 6.45) is 7.97. The van der Waals surface area contributed by atoms with E-state index in [9.17, 15) is 22.8 Å². The number of ether oxygens (including phenoxy) is 2. The number of rotatable bonds is 12. The zero-order valence-corrected chi connectivity index (χ0v) is 29.2. The summed E-state index contributed by atoms with van der Waals surface area (Å²) in [7, 11) is -2.64. The summed E-state index contributed by atoms with van der Waals surface area (Å²) in [5, 5.41) is 2.86. The number of aryl methyl sites for hydroxylation is 1. The van der Waals surface area contributed by atoms with Gasteiger partial charge in [-0.1, -0.05) is 18.6 Å². The molecular weight excluding hydrogens is 698 g/mol. The first-order chi connectivity index (χ1) is 25.0. The number of sulfonamides is 1. The van der Waals surface area contributed by atoms with Gasteiger partial charge in [0.1, 0.15) is 40.0 Å². The van der Waals surface area contributed by atoms with Crippen LogP contribution in [0.5, 0.6) is 5.75 Å². The average Bonchev–Trinajstić information content (AvgIpc) is 3.37. The number of nitrogens with one attached hydrogen (secondary N) is 2. The van der Waals surface area contributed by atoms with Crippen molar-refractivity contribution in [1.82, 2.24) is 24.6 Å². The topological polar surface area (TPSA) is 164 Å². The molecule has 2 aromatic carbocycles. The van der Waals surface area contributed by atoms with Crippen molar-refractivity contribution in [1.29, 1.82) is 0 Å². The van der Waals surface area contributed by atoms with Crippen LogP contribution in [0.15, 0.2) is 82.9 Å². The van der Waals surface area contributed by atoms with Gasteiger partial charge in [0, 0.05) is 25.4 Å². The second kappa shape index (κ2) is 15.3. The zero-order valence-electron chi connectivity index (χ0n) is 28.3. The number of hydrogen-bond donors (Lipinski definition) is 2. The van der Waals surface area contributed by atoms with E-state index in [0.29, 0.717) is 47.3 Å². The molecule has 1 saturated carbocycles. The normalized spacial score (nSPS) is 14.2. The highest BCUT2D eigenvalue weighted by molar-refractivity contribution is 7.92. The Morgan fingerprint density at radius 2 is 1.75 bits per heavy atom. The van der Waals surface area contributed by atoms with Gasteiger partial charge in [0.25, 0.3) is 21.5 Å². The molecule has 0 unspecified atom stereocenters. The lowest BCUT2D eigenvalue weighted by atomic mass is 9.97. The number of anilines is 1. The molecule has 1 atom stereocenters. The molecule has 5 aromatic rings. The highest BCUT2D eigenvalue weighted by Crippen LogP contribution is 2.28. The Balaban J connectivity index is 1.23. The van der Waals surface area contributed by atoms with Crippen LogP contribution in [-0.2, 0) is 33.0 Å². The third kappa shape index (κ3) is 7.66. The minimum absolute atomic E-state index is 0.0460. The van der Waals surface area contributed by atoms with E-state index in [2.05, 4.69) is 20.0 Å². The van der Waals surface area contributed by atoms with E-state index < -0.39 is 50.8 Å². The maximum atomic E-state index is 15.4. The fourth-order valence-corrected chi connectivity index (χ4v) is 7.39. The maximum absolute atomic E-state index is 15.4. The van der Waals surface area contributed by atoms with E-state index in [-0.39, 0.29) is 35.3 Å². The molecule has 1 aliphatic rings. The minimum atomic E-state index is -4.34. The Morgan fingerprint density at radius 1 is 1.02 bits per heavy atom. The molecule has 0 aliphatic heterocycles. The summed E-state index contributed by atoms with van der Waals surface area (Å²) < 4.78 is 73.2. The second-order valence-corrected chi connectivity index (χ2v) is 13.9. The molecule has 0 bridgehead atoms. The smallest absolute Gasteiger partial charge is 0.329 e. The van der Waals surface area contributed by atoms with Gasteiger partial charge >= 0.3 is 5.97 Å². The van der Waals surface area contributed by atoms with Crippen LogP contribution in [0, 0.1) is 11.6 Å². The van der Waals surface area contributed by atoms with Crippen LogP contribution < -0.4 is 20.3 Å². The van der Waals surface area contributed by atoms with E-state index in [1.54, 1.807) is 49.1 Å². The number of benzene rings is 2. The molecule has 1 amide bonds. The lowest BCUT2D eigenvalue weighted by Gasteiger charge is -2.25. The number of pyridine rings is 2. The Hall–Kier alpha value is -5.64. The van der Waals surface area contributed by atoms with Gasteiger partial charge in [0.05, 0.1) is 41.3 Å². The van der Waals surface area contributed by atoms with Crippen molar-refractivity contribution in [2.24, 2.45) is 7.05 Å². The number of fused-ring (bicyclic) bond motifs is 1. The molecule has 1 aliphatic carbocycles. The number of amides is 1. The van der Waals surface area contributed by atoms with Gasteiger partial charge in [0.15, 0.2) is 0 Å². The molecule has 0 saturated heterocycles. The van der Waals surface area contributed by atoms with Gasteiger partial charge in [-0.05, 0) is 75.1 Å². The van der Waals surface area contributed by atoms with Crippen LogP contribution in [0.25, 0.3) is 16.6 Å². The van der Waals surface area contributed by atoms with Crippen molar-refractivity contribution in [3.05, 3.63) is 106 Å². The number of para-hydroxylation sites is 1. The lowest BCUT2D eigenvalue weighted by molar-refractivity contribution is -0.152. The third-order valence-corrected chi connectivity index (χ3v) is 10.1. The molecule has 0 spiro atoms. The van der Waals surface area contributed by atoms with Crippen molar-refractivity contribution in [3.8, 4) is 11.4 Å². The second-order valence-electron chi connectivity index (χ2n) is 12.3. The Morgan fingerprint density at radius 3 is 2.42 bits per heavy atom. The molecular formula is C36H36F2N6O7S. The largest absolute Gasteiger partial charge is 0.492 e. The van der Waals surface area contributed by atoms with Gasteiger partial charge in [-0.15, -0.1) is 0 Å². The Bertz CT molecular complexity index is 2260. The van der Waals surface area contributed by atoms with Crippen LogP contribution in [0.2, 0.25) is 0 Å². The van der Waals surface area contributed by atoms with Crippen LogP contribution >= 0.6 is 0 Å². The first-order valence-electron chi connectivity index (χ1n) is 16.7. The number of carbonyl (C=O) groups is 2. The van der Waals surface area contributed by atoms with Crippen LogP contribution in [0.4, 0.5) is 14.5 Å². The fourth-order valence-electron chi connectivity index (χ4n) is 6.20. The molecule has 16 heteroatoms. The number of esters is 1. The number of halogens is 2. The van der Waals surface area contributed by atoms with Crippen molar-refractivity contribution in [2.75, 3.05) is 11.3 Å². The predicted octanol–water partition coefficient (Wildman–Crippen LogP) is 4.81. The van der Waals surface area contributed by atoms with Crippen LogP contribution in [0.3, 0.4) is 0 Å². The van der Waals surface area contributed by atoms with E-state index in [0.717, 1.165) is 19.3 Å². The first-order valence-corrected chi connectivity index (χ1v) is 18.2. The first kappa shape index (κ1) is 36.2. The Kier molecular flexibility index (Phi) is 10.6. The highest BCUT2D eigenvalue weighted by atomic mass is 32.2. The van der Waals surface area contributed by atoms with Gasteiger partial charge in [-0.2, -0.15) is 0 Å². The van der Waals surface area contributed by atoms with E-state index in [1.165, 1.54) is 35.3 Å². The number of aromatic nitrogens is 4. The van der Waals surface area contributed by atoms with Gasteiger partial charge in [-0.3, -0.25) is 29.0 Å². The maximum Gasteiger partial charge on any atom is 0.329 e. The van der Waals surface area contributed by atoms with E-state index in [4.69, 9.17) is 9.47 Å². The van der Waals surface area contributed by atoms with E-state index >= 15 is 8.78 Å². The third-order valence-electron chi connectivity index (χ3n) is 8.72. The summed E-state index contributed by atoms with van der Waals surface area (Å²) in [6, 6.07) is 10.5. The van der Waals surface area contributed by atoms with Gasteiger partial charge < -0.3 is 14.8 Å². The molecule has 272 valence electrons. The monoisotopic (exact) mass is 734 g/mol. The zero-order chi connectivity index (χ0) is 37.0. The predicted molar refractivity (Wildman–Crippen MR) is 187 cm³/mol. The molecule has 13 nitrogen and oxygen atoms in total. The van der Waals surface area contributed by atoms with E-state index in [1.807, 2.05) is 0 Å². The van der Waals surface area contributed by atoms with Crippen molar-refractivity contribution in [2.45, 2.75) is 62.5 Å². The number of hydrogen-bond acceptors (Lipinski definition) is 9. The summed E-state index contributed by atoms with van der Waals surface area (Å²) >= 11 is 0. The SMILES string of the molecule is CCOc1ccccc1S(=O)(=O)Nc1cc(F)c(C(=O)N[C@@H](Cc2ccc(-n3c(=O)c4ccncc4n3C)cn2)C(=O)OC2CCCCC2)c(F)c1. The molecule has 6 rings (SSSR count). The highest BCUT2D eigenvalue weighted by Gasteiger charge is 2.30. The minimum Gasteiger partial charge on any atom is -0.492 e. The standard InChI is InChI=1S/C36H36F2N6O7S/c1-3-50-31-11-7-8-12-32(31)52(48,49)42-23-17-27(37)33(28(38)18-23)34(45)41-29(36(47)51-25-9-5-4-6-10-25)19-22-13-14-24(20-40-22)44-35(46)26-15-16-39-21-30(26)43(44)2/h7-8,11-18,20-21,25,29,42H,3-6,9-10,19H2,1-2H3,(H,41,45)/t29-/m0/s1. The van der Waals surface area contributed by atoms with Crippen molar-refractivity contribution >= 4 is 38.5 Å². The molecule has 3 heterocycles. The quantitative estimate of drug-likeness (QED) is 0.171. The fraction of sp³-hybridized carbons (Fsp3) is 0.306. The summed E-state index contributed by atoms with van der Waals surface area (Å²) in [4.78, 5) is 48.2. The number of carbonyl (C=O) groups excluding carboxylic acids is 2. The molecule has 2 N–H and O–H groups in total. The molecule has 1 fully saturated rings. The molecule has 0 radical (unpaired) electrons. The Labute approximate surface area is 297 Å². The van der Waals surface area contributed by atoms with Crippen LogP contribution in [-0.4, -0.2) is 58.4 Å². The summed E-state index contributed by atoms with van der Waals surface area (Å²) in [5.41, 5.74) is -0.423. The van der Waals surface area contributed by atoms with Gasteiger partial charge in [-0.25, -0.2) is 26.7 Å². The van der Waals surface area contributed by atoms with Gasteiger partial charge in [0.2, 0.25) is 0 Å². The lowest BCUT2D eigenvalue weighted by Crippen LogP contribution is -2.45. The van der Waals surface area contributed by atoms with Crippen molar-refractivity contribution < 1.29 is 36.3 Å². The number of nitrogens with zero attached hydrogens (tertiary/aromatic N) is 4. The molecule has 3 aromatic heterocycles.